The molecule has 0 bridgehead atoms. The van der Waals surface area contributed by atoms with Crippen molar-refractivity contribution < 1.29 is 9.53 Å². The van der Waals surface area contributed by atoms with Crippen molar-refractivity contribution in [2.45, 2.75) is 63.8 Å². The largest absolute Gasteiger partial charge is 0.381 e. The Morgan fingerprint density at radius 2 is 1.89 bits per heavy atom. The van der Waals surface area contributed by atoms with Crippen molar-refractivity contribution in [3.8, 4) is 0 Å². The minimum absolute atomic E-state index is 0.439. The van der Waals surface area contributed by atoms with Crippen LogP contribution in [0, 0.1) is 5.92 Å². The molecule has 106 valence electrons. The highest BCUT2D eigenvalue weighted by atomic mass is 16.5. The zero-order valence-electron chi connectivity index (χ0n) is 11.6. The van der Waals surface area contributed by atoms with Gasteiger partial charge in [0.25, 0.3) is 0 Å². The van der Waals surface area contributed by atoms with Crippen molar-refractivity contribution in [2.24, 2.45) is 17.4 Å². The lowest BCUT2D eigenvalue weighted by Crippen LogP contribution is -2.49. The molecule has 1 aliphatic carbocycles. The lowest BCUT2D eigenvalue weighted by atomic mass is 9.97. The molecule has 1 aliphatic rings. The second-order valence-electron chi connectivity index (χ2n) is 5.82. The van der Waals surface area contributed by atoms with E-state index in [2.05, 4.69) is 0 Å². The van der Waals surface area contributed by atoms with Crippen LogP contribution in [0.3, 0.4) is 0 Å². The first-order valence-corrected chi connectivity index (χ1v) is 7.19. The van der Waals surface area contributed by atoms with E-state index < -0.39 is 11.4 Å². The minimum Gasteiger partial charge on any atom is -0.381 e. The molecular formula is C14H28N2O2. The second kappa shape index (κ2) is 7.74. The summed E-state index contributed by atoms with van der Waals surface area (Å²) >= 11 is 0. The fourth-order valence-electron chi connectivity index (χ4n) is 2.45. The Hall–Kier alpha value is -0.610. The summed E-state index contributed by atoms with van der Waals surface area (Å²) in [6, 6.07) is 0. The average molecular weight is 256 g/mol. The van der Waals surface area contributed by atoms with Crippen LogP contribution < -0.4 is 11.5 Å². The quantitative estimate of drug-likeness (QED) is 0.540. The van der Waals surface area contributed by atoms with Crippen LogP contribution >= 0.6 is 0 Å². The Morgan fingerprint density at radius 1 is 1.28 bits per heavy atom. The standard InChI is InChI=1S/C14H28N2O2/c1-14(16,13(15)17)9-6-10-18-11-12-7-4-2-3-5-8-12/h12H,2-11,16H2,1H3,(H2,15,17). The van der Waals surface area contributed by atoms with Gasteiger partial charge in [0.2, 0.25) is 5.91 Å². The number of hydrogen-bond acceptors (Lipinski definition) is 3. The van der Waals surface area contributed by atoms with Crippen LogP contribution in [0.5, 0.6) is 0 Å². The van der Waals surface area contributed by atoms with E-state index in [1.165, 1.54) is 38.5 Å². The molecule has 1 fully saturated rings. The van der Waals surface area contributed by atoms with Gasteiger partial charge in [-0.15, -0.1) is 0 Å². The lowest BCUT2D eigenvalue weighted by molar-refractivity contribution is -0.122. The molecule has 1 saturated carbocycles. The van der Waals surface area contributed by atoms with Crippen LogP contribution in [0.1, 0.15) is 58.3 Å². The zero-order chi connectivity index (χ0) is 13.4. The van der Waals surface area contributed by atoms with Crippen LogP contribution in [0.25, 0.3) is 0 Å². The van der Waals surface area contributed by atoms with Crippen molar-refractivity contribution in [1.82, 2.24) is 0 Å². The first-order valence-electron chi connectivity index (χ1n) is 7.19. The van der Waals surface area contributed by atoms with Crippen LogP contribution in [0.15, 0.2) is 0 Å². The normalized spacial score (nSPS) is 21.2. The number of amides is 1. The van der Waals surface area contributed by atoms with Crippen molar-refractivity contribution in [3.05, 3.63) is 0 Å². The zero-order valence-corrected chi connectivity index (χ0v) is 11.6. The van der Waals surface area contributed by atoms with Gasteiger partial charge in [-0.1, -0.05) is 25.7 Å². The smallest absolute Gasteiger partial charge is 0.237 e. The molecule has 1 atom stereocenters. The lowest BCUT2D eigenvalue weighted by Gasteiger charge is -2.20. The number of primary amides is 1. The summed E-state index contributed by atoms with van der Waals surface area (Å²) in [5.74, 6) is 0.291. The van der Waals surface area contributed by atoms with E-state index in [1.807, 2.05) is 0 Å². The molecule has 4 heteroatoms. The summed E-state index contributed by atoms with van der Waals surface area (Å²) in [6.45, 7) is 3.22. The SMILES string of the molecule is CC(N)(CCCOCC1CCCCCC1)C(N)=O. The highest BCUT2D eigenvalue weighted by molar-refractivity contribution is 5.83. The van der Waals surface area contributed by atoms with Crippen molar-refractivity contribution in [1.29, 1.82) is 0 Å². The number of ether oxygens (including phenoxy) is 1. The Balaban J connectivity index is 2.06. The maximum atomic E-state index is 11.0. The molecule has 0 saturated heterocycles. The summed E-state index contributed by atoms with van der Waals surface area (Å²) in [4.78, 5) is 11.0. The van der Waals surface area contributed by atoms with Gasteiger partial charge in [0.05, 0.1) is 5.54 Å². The summed E-state index contributed by atoms with van der Waals surface area (Å²) in [5.41, 5.74) is 10.1. The van der Waals surface area contributed by atoms with E-state index in [0.29, 0.717) is 13.0 Å². The van der Waals surface area contributed by atoms with E-state index in [0.717, 1.165) is 18.9 Å². The molecular weight excluding hydrogens is 228 g/mol. The van der Waals surface area contributed by atoms with Gasteiger partial charge in [-0.3, -0.25) is 4.79 Å². The number of nitrogens with two attached hydrogens (primary N) is 2. The highest BCUT2D eigenvalue weighted by Crippen LogP contribution is 2.23. The van der Waals surface area contributed by atoms with Gasteiger partial charge in [0.1, 0.15) is 0 Å². The Kier molecular flexibility index (Phi) is 6.65. The molecule has 0 radical (unpaired) electrons. The summed E-state index contributed by atoms with van der Waals surface area (Å²) < 4.78 is 5.70. The molecule has 4 N–H and O–H groups in total. The molecule has 0 spiro atoms. The fourth-order valence-corrected chi connectivity index (χ4v) is 2.45. The van der Waals surface area contributed by atoms with Gasteiger partial charge < -0.3 is 16.2 Å². The maximum absolute atomic E-state index is 11.0. The number of hydrogen-bond donors (Lipinski definition) is 2. The van der Waals surface area contributed by atoms with Crippen LogP contribution in [-0.4, -0.2) is 24.7 Å². The van der Waals surface area contributed by atoms with E-state index in [4.69, 9.17) is 16.2 Å². The molecule has 0 heterocycles. The minimum atomic E-state index is -0.897. The monoisotopic (exact) mass is 256 g/mol. The fraction of sp³-hybridized carbons (Fsp3) is 0.929. The van der Waals surface area contributed by atoms with Crippen molar-refractivity contribution in [3.63, 3.8) is 0 Å². The number of carbonyl (C=O) groups excluding carboxylic acids is 1. The third kappa shape index (κ3) is 5.83. The van der Waals surface area contributed by atoms with Gasteiger partial charge in [-0.05, 0) is 38.5 Å². The van der Waals surface area contributed by atoms with Crippen molar-refractivity contribution >= 4 is 5.91 Å². The Bertz CT molecular complexity index is 246. The molecule has 0 aromatic carbocycles. The third-order valence-electron chi connectivity index (χ3n) is 3.88. The van der Waals surface area contributed by atoms with Crippen LogP contribution in [0.4, 0.5) is 0 Å². The average Bonchev–Trinajstić information content (AvgIpc) is 2.57. The van der Waals surface area contributed by atoms with Gasteiger partial charge >= 0.3 is 0 Å². The maximum Gasteiger partial charge on any atom is 0.237 e. The summed E-state index contributed by atoms with van der Waals surface area (Å²) in [6.07, 6.45) is 9.43. The first kappa shape index (κ1) is 15.4. The Labute approximate surface area is 110 Å². The number of rotatable bonds is 7. The predicted octanol–water partition coefficient (Wildman–Crippen LogP) is 1.96. The molecule has 1 amide bonds. The third-order valence-corrected chi connectivity index (χ3v) is 3.88. The summed E-state index contributed by atoms with van der Waals surface area (Å²) in [7, 11) is 0. The van der Waals surface area contributed by atoms with Crippen molar-refractivity contribution in [2.75, 3.05) is 13.2 Å². The van der Waals surface area contributed by atoms with Crippen LogP contribution in [0.2, 0.25) is 0 Å². The van der Waals surface area contributed by atoms with Gasteiger partial charge in [0, 0.05) is 13.2 Å². The molecule has 1 rings (SSSR count). The summed E-state index contributed by atoms with van der Waals surface area (Å²) in [5, 5.41) is 0. The second-order valence-corrected chi connectivity index (χ2v) is 5.82. The highest BCUT2D eigenvalue weighted by Gasteiger charge is 2.24. The molecule has 0 aliphatic heterocycles. The van der Waals surface area contributed by atoms with E-state index in [1.54, 1.807) is 6.92 Å². The Morgan fingerprint density at radius 3 is 2.44 bits per heavy atom. The predicted molar refractivity (Wildman–Crippen MR) is 73.0 cm³/mol. The van der Waals surface area contributed by atoms with Gasteiger partial charge in [-0.2, -0.15) is 0 Å². The molecule has 0 aromatic heterocycles. The van der Waals surface area contributed by atoms with Crippen LogP contribution in [-0.2, 0) is 9.53 Å². The molecule has 18 heavy (non-hydrogen) atoms. The first-order chi connectivity index (χ1) is 8.52. The van der Waals surface area contributed by atoms with Gasteiger partial charge in [0.15, 0.2) is 0 Å². The van der Waals surface area contributed by atoms with E-state index in [-0.39, 0.29) is 0 Å². The van der Waals surface area contributed by atoms with E-state index in [9.17, 15) is 4.79 Å². The number of carbonyl (C=O) groups is 1. The van der Waals surface area contributed by atoms with Gasteiger partial charge in [-0.25, -0.2) is 0 Å². The topological polar surface area (TPSA) is 78.3 Å². The molecule has 1 unspecified atom stereocenters. The molecule has 4 nitrogen and oxygen atoms in total. The molecule has 0 aromatic rings. The van der Waals surface area contributed by atoms with E-state index >= 15 is 0 Å².